The van der Waals surface area contributed by atoms with Crippen LogP contribution in [-0.4, -0.2) is 73.6 Å². The van der Waals surface area contributed by atoms with Crippen LogP contribution >= 0.6 is 0 Å². The van der Waals surface area contributed by atoms with Gasteiger partial charge in [0.15, 0.2) is 0 Å². The van der Waals surface area contributed by atoms with Crippen LogP contribution in [0.2, 0.25) is 0 Å². The van der Waals surface area contributed by atoms with Crippen molar-refractivity contribution in [1.29, 1.82) is 0 Å². The molecule has 0 atom stereocenters. The predicted molar refractivity (Wildman–Crippen MR) is 157 cm³/mol. The van der Waals surface area contributed by atoms with Gasteiger partial charge in [0.1, 0.15) is 17.8 Å². The highest BCUT2D eigenvalue weighted by atomic mass is 15.3. The Bertz CT molecular complexity index is 1550. The van der Waals surface area contributed by atoms with Gasteiger partial charge in [-0.2, -0.15) is 0 Å². The van der Waals surface area contributed by atoms with Crippen LogP contribution in [0, 0.1) is 0 Å². The Hall–Kier alpha value is -3.95. The van der Waals surface area contributed by atoms with Crippen molar-refractivity contribution >= 4 is 39.5 Å². The van der Waals surface area contributed by atoms with Crippen molar-refractivity contribution in [3.63, 3.8) is 0 Å². The third-order valence-electron chi connectivity index (χ3n) is 8.60. The van der Waals surface area contributed by atoms with E-state index in [9.17, 15) is 0 Å². The van der Waals surface area contributed by atoms with Crippen molar-refractivity contribution < 1.29 is 0 Å². The van der Waals surface area contributed by atoms with Gasteiger partial charge in [0, 0.05) is 55.7 Å². The first kappa shape index (κ1) is 24.1. The summed E-state index contributed by atoms with van der Waals surface area (Å²) in [6.45, 7) is 4.73. The summed E-state index contributed by atoms with van der Waals surface area (Å²) < 4.78 is 2.36. The quantitative estimate of drug-likeness (QED) is 0.298. The molecule has 0 spiro atoms. The summed E-state index contributed by atoms with van der Waals surface area (Å²) in [5, 5.41) is 4.32. The molecule has 0 radical (unpaired) electrons. The van der Waals surface area contributed by atoms with Crippen LogP contribution in [0.4, 0.5) is 17.5 Å². The van der Waals surface area contributed by atoms with E-state index in [2.05, 4.69) is 72.1 Å². The van der Waals surface area contributed by atoms with Gasteiger partial charge in [-0.25, -0.2) is 15.0 Å². The third kappa shape index (κ3) is 4.62. The van der Waals surface area contributed by atoms with E-state index in [4.69, 9.17) is 10.7 Å². The molecule has 4 N–H and O–H groups in total. The Kier molecular flexibility index (Phi) is 6.17. The van der Waals surface area contributed by atoms with Crippen molar-refractivity contribution in [1.82, 2.24) is 34.3 Å². The van der Waals surface area contributed by atoms with Crippen LogP contribution in [0.3, 0.4) is 0 Å². The fraction of sp³-hybridized carbons (Fsp3) is 0.367. The van der Waals surface area contributed by atoms with E-state index in [1.165, 1.54) is 39.0 Å². The lowest BCUT2D eigenvalue weighted by atomic mass is 9.89. The normalized spacial score (nSPS) is 21.1. The smallest absolute Gasteiger partial charge is 0.205 e. The number of likely N-dealkylation sites (N-methyl/N-ethyl adjacent to an activating group) is 1. The highest BCUT2D eigenvalue weighted by molar-refractivity contribution is 6.00. The molecule has 4 heterocycles. The monoisotopic (exact) mass is 521 g/mol. The summed E-state index contributed by atoms with van der Waals surface area (Å²) in [6.07, 6.45) is 8.61. The zero-order valence-corrected chi connectivity index (χ0v) is 22.3. The van der Waals surface area contributed by atoms with E-state index in [1.54, 1.807) is 6.33 Å². The molecule has 7 rings (SSSR count). The van der Waals surface area contributed by atoms with Gasteiger partial charge in [0.05, 0.1) is 16.4 Å². The number of imidazole rings is 1. The molecule has 9 nitrogen and oxygen atoms in total. The predicted octanol–water partition coefficient (Wildman–Crippen LogP) is 5.03. The van der Waals surface area contributed by atoms with Crippen LogP contribution in [-0.2, 0) is 0 Å². The first-order chi connectivity index (χ1) is 19.1. The zero-order chi connectivity index (χ0) is 26.3. The highest BCUT2D eigenvalue weighted by Crippen LogP contribution is 2.39. The van der Waals surface area contributed by atoms with Gasteiger partial charge in [-0.1, -0.05) is 24.3 Å². The zero-order valence-electron chi connectivity index (χ0n) is 22.3. The lowest BCUT2D eigenvalue weighted by Gasteiger charge is -2.41. The maximum atomic E-state index is 6.44. The summed E-state index contributed by atoms with van der Waals surface area (Å²) in [4.78, 5) is 22.1. The van der Waals surface area contributed by atoms with E-state index in [-0.39, 0.29) is 0 Å². The van der Waals surface area contributed by atoms with Crippen molar-refractivity contribution in [2.24, 2.45) is 0 Å². The van der Waals surface area contributed by atoms with Gasteiger partial charge >= 0.3 is 0 Å². The molecule has 1 aliphatic carbocycles. The van der Waals surface area contributed by atoms with Crippen LogP contribution in [0.5, 0.6) is 0 Å². The SMILES string of the molecule is CN1CCN([C@H]2CC[C@@H](n3cc(-c4ccc(Nc5nc6ccccc6[nH]5)cc4)c4c(N)ncnc43)CC2)CC1. The number of nitrogen functional groups attached to an aromatic ring is 1. The summed E-state index contributed by atoms with van der Waals surface area (Å²) >= 11 is 0. The maximum absolute atomic E-state index is 6.44. The number of aromatic nitrogens is 5. The number of piperazine rings is 1. The van der Waals surface area contributed by atoms with E-state index in [1.807, 2.05) is 24.3 Å². The minimum absolute atomic E-state index is 0.424. The number of para-hydroxylation sites is 2. The number of anilines is 3. The molecular formula is C30H35N9. The molecule has 1 aliphatic heterocycles. The van der Waals surface area contributed by atoms with Crippen molar-refractivity contribution in [2.75, 3.05) is 44.3 Å². The molecule has 0 unspecified atom stereocenters. The molecule has 9 heteroatoms. The lowest BCUT2D eigenvalue weighted by Crippen LogP contribution is -2.49. The first-order valence-electron chi connectivity index (χ1n) is 14.0. The van der Waals surface area contributed by atoms with E-state index in [0.717, 1.165) is 57.7 Å². The highest BCUT2D eigenvalue weighted by Gasteiger charge is 2.30. The van der Waals surface area contributed by atoms with Crippen molar-refractivity contribution in [3.05, 3.63) is 61.1 Å². The van der Waals surface area contributed by atoms with Gasteiger partial charge in [0.2, 0.25) is 5.95 Å². The number of hydrogen-bond donors (Lipinski definition) is 3. The number of aromatic amines is 1. The number of H-pyrrole nitrogens is 1. The third-order valence-corrected chi connectivity index (χ3v) is 8.60. The molecule has 5 aromatic rings. The van der Waals surface area contributed by atoms with Gasteiger partial charge in [-0.3, -0.25) is 4.90 Å². The van der Waals surface area contributed by atoms with Crippen molar-refractivity contribution in [2.45, 2.75) is 37.8 Å². The van der Waals surface area contributed by atoms with Crippen LogP contribution in [0.1, 0.15) is 31.7 Å². The largest absolute Gasteiger partial charge is 0.383 e. The lowest BCUT2D eigenvalue weighted by molar-refractivity contribution is 0.0828. The average Bonchev–Trinajstić information content (AvgIpc) is 3.56. The van der Waals surface area contributed by atoms with Gasteiger partial charge in [0.25, 0.3) is 0 Å². The maximum Gasteiger partial charge on any atom is 0.205 e. The molecule has 2 aliphatic rings. The van der Waals surface area contributed by atoms with Crippen LogP contribution < -0.4 is 11.1 Å². The second kappa shape index (κ2) is 9.98. The standard InChI is InChI=1S/C30H35N9/c1-37-14-16-38(17-15-37)22-10-12-23(13-11-22)39-18-24(27-28(31)32-19-33-29(27)39)20-6-8-21(9-7-20)34-30-35-25-4-2-3-5-26(25)36-30/h2-9,18-19,22-23H,10-17H2,1H3,(H2,31,32,33)(H2,34,35,36)/t22-,23+. The molecule has 39 heavy (non-hydrogen) atoms. The van der Waals surface area contributed by atoms with Crippen molar-refractivity contribution in [3.8, 4) is 11.1 Å². The fourth-order valence-corrected chi connectivity index (χ4v) is 6.38. The Morgan fingerprint density at radius 3 is 2.41 bits per heavy atom. The van der Waals surface area contributed by atoms with Gasteiger partial charge < -0.3 is 25.5 Å². The minimum Gasteiger partial charge on any atom is -0.383 e. The summed E-state index contributed by atoms with van der Waals surface area (Å²) in [6, 6.07) is 17.5. The first-order valence-corrected chi connectivity index (χ1v) is 14.0. The molecule has 0 amide bonds. The molecule has 3 aromatic heterocycles. The Balaban J connectivity index is 1.12. The van der Waals surface area contributed by atoms with E-state index < -0.39 is 0 Å². The second-order valence-corrected chi connectivity index (χ2v) is 11.0. The summed E-state index contributed by atoms with van der Waals surface area (Å²) in [5.41, 5.74) is 12.5. The molecule has 1 saturated carbocycles. The number of benzene rings is 2. The number of fused-ring (bicyclic) bond motifs is 2. The molecule has 2 fully saturated rings. The average molecular weight is 522 g/mol. The molecule has 200 valence electrons. The Labute approximate surface area is 228 Å². The number of nitrogens with zero attached hydrogens (tertiary/aromatic N) is 6. The molecule has 2 aromatic carbocycles. The molecule has 1 saturated heterocycles. The van der Waals surface area contributed by atoms with Crippen LogP contribution in [0.15, 0.2) is 61.1 Å². The number of nitrogens with one attached hydrogen (secondary N) is 2. The fourth-order valence-electron chi connectivity index (χ4n) is 6.38. The number of nitrogens with two attached hydrogens (primary N) is 1. The summed E-state index contributed by atoms with van der Waals surface area (Å²) in [5.74, 6) is 1.26. The van der Waals surface area contributed by atoms with Gasteiger partial charge in [-0.15, -0.1) is 0 Å². The van der Waals surface area contributed by atoms with Crippen LogP contribution in [0.25, 0.3) is 33.2 Å². The van der Waals surface area contributed by atoms with Gasteiger partial charge in [-0.05, 0) is 62.6 Å². The minimum atomic E-state index is 0.424. The molecule has 0 bridgehead atoms. The summed E-state index contributed by atoms with van der Waals surface area (Å²) in [7, 11) is 2.22. The van der Waals surface area contributed by atoms with E-state index >= 15 is 0 Å². The second-order valence-electron chi connectivity index (χ2n) is 11.0. The Morgan fingerprint density at radius 1 is 0.897 bits per heavy atom. The topological polar surface area (TPSA) is 104 Å². The number of rotatable bonds is 5. The van der Waals surface area contributed by atoms with E-state index in [0.29, 0.717) is 17.9 Å². The number of hydrogen-bond acceptors (Lipinski definition) is 7. The Morgan fingerprint density at radius 2 is 1.64 bits per heavy atom. The molecular weight excluding hydrogens is 486 g/mol.